The number of fused-ring (bicyclic) bond motifs is 1. The minimum Gasteiger partial charge on any atom is -0.462 e. The molecule has 0 bridgehead atoms. The van der Waals surface area contributed by atoms with Crippen LogP contribution in [0.2, 0.25) is 5.02 Å². The van der Waals surface area contributed by atoms with Gasteiger partial charge in [-0.05, 0) is 44.2 Å². The average Bonchev–Trinajstić information content (AvgIpc) is 3.24. The summed E-state index contributed by atoms with van der Waals surface area (Å²) in [7, 11) is 0. The Bertz CT molecular complexity index is 1430. The lowest BCUT2D eigenvalue weighted by Gasteiger charge is -2.12. The Morgan fingerprint density at radius 1 is 1.15 bits per heavy atom. The van der Waals surface area contributed by atoms with E-state index in [0.717, 1.165) is 4.68 Å². The summed E-state index contributed by atoms with van der Waals surface area (Å²) in [5.74, 6) is -1.07. The standard InChI is InChI=1S/C23H20ClN5O4/c1-3-33-23(32)17-9-4-5-10-19(17)26-20(30)13-28-22(31)21-18(14(2)27-28)12-25-29(21)16-8-6-7-15(24)11-16/h4-12H,3,13H2,1-2H3,(H,26,30). The van der Waals surface area contributed by atoms with Gasteiger partial charge in [0, 0.05) is 10.4 Å². The maximum absolute atomic E-state index is 13.2. The molecular formula is C23H20ClN5O4. The van der Waals surface area contributed by atoms with Crippen LogP contribution in [-0.2, 0) is 16.1 Å². The molecule has 0 saturated carbocycles. The number of hydrogen-bond acceptors (Lipinski definition) is 6. The van der Waals surface area contributed by atoms with Crippen molar-refractivity contribution in [2.24, 2.45) is 0 Å². The Morgan fingerprint density at radius 3 is 2.70 bits per heavy atom. The fraction of sp³-hybridized carbons (Fsp3) is 0.174. The molecule has 2 aromatic carbocycles. The topological polar surface area (TPSA) is 108 Å². The molecular weight excluding hydrogens is 446 g/mol. The van der Waals surface area contributed by atoms with Crippen molar-refractivity contribution in [3.05, 3.63) is 81.4 Å². The number of halogens is 1. The monoisotopic (exact) mass is 465 g/mol. The Labute approximate surface area is 193 Å². The molecule has 0 spiro atoms. The first-order chi connectivity index (χ1) is 15.9. The zero-order chi connectivity index (χ0) is 23.5. The van der Waals surface area contributed by atoms with Crippen LogP contribution in [0.15, 0.2) is 59.5 Å². The molecule has 4 rings (SSSR count). The second kappa shape index (κ2) is 9.25. The number of aryl methyl sites for hydroxylation is 1. The van der Waals surface area contributed by atoms with Crippen LogP contribution < -0.4 is 10.9 Å². The Hall–Kier alpha value is -3.98. The van der Waals surface area contributed by atoms with Crippen LogP contribution in [0, 0.1) is 6.92 Å². The first kappa shape index (κ1) is 22.2. The normalized spacial score (nSPS) is 10.9. The molecule has 9 nitrogen and oxygen atoms in total. The van der Waals surface area contributed by atoms with Gasteiger partial charge in [-0.2, -0.15) is 10.2 Å². The van der Waals surface area contributed by atoms with Crippen LogP contribution in [0.25, 0.3) is 16.6 Å². The molecule has 0 atom stereocenters. The summed E-state index contributed by atoms with van der Waals surface area (Å²) >= 11 is 6.09. The lowest BCUT2D eigenvalue weighted by Crippen LogP contribution is -2.31. The lowest BCUT2D eigenvalue weighted by atomic mass is 10.2. The summed E-state index contributed by atoms with van der Waals surface area (Å²) < 4.78 is 7.58. The van der Waals surface area contributed by atoms with Crippen LogP contribution in [0.1, 0.15) is 23.0 Å². The number of carbonyl (C=O) groups excluding carboxylic acids is 2. The van der Waals surface area contributed by atoms with Gasteiger partial charge in [0.1, 0.15) is 12.1 Å². The van der Waals surface area contributed by atoms with Crippen LogP contribution in [0.3, 0.4) is 0 Å². The van der Waals surface area contributed by atoms with Gasteiger partial charge in [0.2, 0.25) is 5.91 Å². The molecule has 4 aromatic rings. The molecule has 2 heterocycles. The van der Waals surface area contributed by atoms with Gasteiger partial charge in [-0.25, -0.2) is 14.2 Å². The van der Waals surface area contributed by atoms with E-state index in [1.165, 1.54) is 4.68 Å². The third-order valence-electron chi connectivity index (χ3n) is 4.91. The predicted octanol–water partition coefficient (Wildman–Crippen LogP) is 3.36. The summed E-state index contributed by atoms with van der Waals surface area (Å²) in [4.78, 5) is 38.1. The molecule has 2 aromatic heterocycles. The summed E-state index contributed by atoms with van der Waals surface area (Å²) in [6.45, 7) is 3.29. The highest BCUT2D eigenvalue weighted by atomic mass is 35.5. The Kier molecular flexibility index (Phi) is 6.23. The van der Waals surface area contributed by atoms with E-state index in [4.69, 9.17) is 16.3 Å². The molecule has 0 saturated heterocycles. The van der Waals surface area contributed by atoms with Gasteiger partial charge in [0.15, 0.2) is 0 Å². The van der Waals surface area contributed by atoms with Crippen molar-refractivity contribution in [3.63, 3.8) is 0 Å². The summed E-state index contributed by atoms with van der Waals surface area (Å²) in [6, 6.07) is 13.4. The second-order valence-corrected chi connectivity index (χ2v) is 7.60. The van der Waals surface area contributed by atoms with E-state index in [1.807, 2.05) is 0 Å². The van der Waals surface area contributed by atoms with Crippen LogP contribution >= 0.6 is 11.6 Å². The van der Waals surface area contributed by atoms with E-state index >= 15 is 0 Å². The van der Waals surface area contributed by atoms with Gasteiger partial charge in [-0.15, -0.1) is 0 Å². The number of nitrogens with zero attached hydrogens (tertiary/aromatic N) is 4. The second-order valence-electron chi connectivity index (χ2n) is 7.16. The maximum atomic E-state index is 13.2. The predicted molar refractivity (Wildman–Crippen MR) is 124 cm³/mol. The summed E-state index contributed by atoms with van der Waals surface area (Å²) in [6.07, 6.45) is 1.56. The van der Waals surface area contributed by atoms with E-state index < -0.39 is 17.4 Å². The van der Waals surface area contributed by atoms with Gasteiger partial charge in [-0.3, -0.25) is 9.59 Å². The van der Waals surface area contributed by atoms with Crippen LogP contribution in [0.4, 0.5) is 5.69 Å². The van der Waals surface area contributed by atoms with E-state index in [9.17, 15) is 14.4 Å². The fourth-order valence-electron chi connectivity index (χ4n) is 3.44. The molecule has 1 N–H and O–H groups in total. The highest BCUT2D eigenvalue weighted by Gasteiger charge is 2.18. The van der Waals surface area contributed by atoms with E-state index in [0.29, 0.717) is 21.8 Å². The first-order valence-corrected chi connectivity index (χ1v) is 10.5. The van der Waals surface area contributed by atoms with Crippen LogP contribution in [-0.4, -0.2) is 38.0 Å². The highest BCUT2D eigenvalue weighted by Crippen LogP contribution is 2.20. The van der Waals surface area contributed by atoms with Gasteiger partial charge in [0.25, 0.3) is 5.56 Å². The van der Waals surface area contributed by atoms with Crippen LogP contribution in [0.5, 0.6) is 0 Å². The van der Waals surface area contributed by atoms with E-state index in [-0.39, 0.29) is 29.9 Å². The maximum Gasteiger partial charge on any atom is 0.340 e. The largest absolute Gasteiger partial charge is 0.462 e. The fourth-order valence-corrected chi connectivity index (χ4v) is 3.62. The molecule has 0 aliphatic heterocycles. The zero-order valence-electron chi connectivity index (χ0n) is 17.9. The third kappa shape index (κ3) is 4.49. The summed E-state index contributed by atoms with van der Waals surface area (Å²) in [5.41, 5.74) is 1.46. The number of ether oxygens (including phenoxy) is 1. The molecule has 33 heavy (non-hydrogen) atoms. The Balaban J connectivity index is 1.67. The molecule has 0 aliphatic carbocycles. The number of esters is 1. The smallest absolute Gasteiger partial charge is 0.340 e. The quantitative estimate of drug-likeness (QED) is 0.437. The Morgan fingerprint density at radius 2 is 1.94 bits per heavy atom. The minimum atomic E-state index is -0.550. The number of anilines is 1. The number of para-hydroxylation sites is 1. The number of rotatable bonds is 6. The van der Waals surface area contributed by atoms with Gasteiger partial charge in [0.05, 0.1) is 35.4 Å². The molecule has 1 amide bonds. The van der Waals surface area contributed by atoms with Crippen molar-refractivity contribution in [2.75, 3.05) is 11.9 Å². The zero-order valence-corrected chi connectivity index (χ0v) is 18.7. The molecule has 0 fully saturated rings. The molecule has 0 unspecified atom stereocenters. The first-order valence-electron chi connectivity index (χ1n) is 10.2. The van der Waals surface area contributed by atoms with Crippen molar-refractivity contribution < 1.29 is 14.3 Å². The number of nitrogens with one attached hydrogen (secondary N) is 1. The van der Waals surface area contributed by atoms with Gasteiger partial charge >= 0.3 is 5.97 Å². The van der Waals surface area contributed by atoms with Crippen molar-refractivity contribution >= 4 is 40.1 Å². The minimum absolute atomic E-state index is 0.208. The molecule has 0 aliphatic rings. The molecule has 168 valence electrons. The van der Waals surface area contributed by atoms with Gasteiger partial charge in [-0.1, -0.05) is 29.8 Å². The lowest BCUT2D eigenvalue weighted by molar-refractivity contribution is -0.117. The number of aromatic nitrogens is 4. The van der Waals surface area contributed by atoms with Crippen molar-refractivity contribution in [2.45, 2.75) is 20.4 Å². The molecule has 0 radical (unpaired) electrons. The van der Waals surface area contributed by atoms with E-state index in [2.05, 4.69) is 15.5 Å². The SMILES string of the molecule is CCOC(=O)c1ccccc1NC(=O)Cn1nc(C)c2cnn(-c3cccc(Cl)c3)c2c1=O. The van der Waals surface area contributed by atoms with Gasteiger partial charge < -0.3 is 10.1 Å². The third-order valence-corrected chi connectivity index (χ3v) is 5.14. The molecule has 10 heteroatoms. The highest BCUT2D eigenvalue weighted by molar-refractivity contribution is 6.30. The van der Waals surface area contributed by atoms with E-state index in [1.54, 1.807) is 68.6 Å². The van der Waals surface area contributed by atoms with Crippen molar-refractivity contribution in [1.29, 1.82) is 0 Å². The van der Waals surface area contributed by atoms with Crippen molar-refractivity contribution in [1.82, 2.24) is 19.6 Å². The van der Waals surface area contributed by atoms with Crippen molar-refractivity contribution in [3.8, 4) is 5.69 Å². The summed E-state index contributed by atoms with van der Waals surface area (Å²) in [5, 5.41) is 12.3. The average molecular weight is 466 g/mol. The number of benzene rings is 2. The number of amides is 1. The number of carbonyl (C=O) groups is 2. The number of hydrogen-bond donors (Lipinski definition) is 1.